The Morgan fingerprint density at radius 3 is 2.30 bits per heavy atom. The summed E-state index contributed by atoms with van der Waals surface area (Å²) < 4.78 is 0. The lowest BCUT2D eigenvalue weighted by Gasteiger charge is -2.30. The van der Waals surface area contributed by atoms with Crippen molar-refractivity contribution in [1.82, 2.24) is 10.2 Å². The Balaban J connectivity index is 1.70. The molecule has 0 heterocycles. The van der Waals surface area contributed by atoms with Crippen LogP contribution in [0.3, 0.4) is 0 Å². The minimum atomic E-state index is 0.0689. The largest absolute Gasteiger partial charge is 0.354 e. The summed E-state index contributed by atoms with van der Waals surface area (Å²) in [4.78, 5) is 15.0. The molecule has 0 radical (unpaired) electrons. The van der Waals surface area contributed by atoms with Gasteiger partial charge in [-0.1, -0.05) is 86.6 Å². The minimum absolute atomic E-state index is 0.0689. The van der Waals surface area contributed by atoms with E-state index in [1.165, 1.54) is 10.9 Å². The fourth-order valence-electron chi connectivity index (χ4n) is 3.69. The highest BCUT2D eigenvalue weighted by Crippen LogP contribution is 2.21. The van der Waals surface area contributed by atoms with Crippen LogP contribution in [0.25, 0.3) is 10.8 Å². The van der Waals surface area contributed by atoms with Crippen LogP contribution in [0, 0.1) is 0 Å². The zero-order valence-electron chi connectivity index (χ0n) is 16.2. The van der Waals surface area contributed by atoms with Crippen LogP contribution in [0.1, 0.15) is 31.0 Å². The lowest BCUT2D eigenvalue weighted by atomic mass is 10.0. The molecule has 3 heteroatoms. The molecule has 0 aliphatic carbocycles. The smallest absolute Gasteiger partial charge is 0.224 e. The van der Waals surface area contributed by atoms with Crippen LogP contribution in [0.15, 0.2) is 72.8 Å². The van der Waals surface area contributed by atoms with Crippen molar-refractivity contribution in [1.29, 1.82) is 0 Å². The maximum absolute atomic E-state index is 12.7. The molecule has 0 aromatic heterocycles. The van der Waals surface area contributed by atoms with Crippen molar-refractivity contribution in [3.05, 3.63) is 83.9 Å². The molecule has 0 aliphatic rings. The third-order valence-corrected chi connectivity index (χ3v) is 5.16. The van der Waals surface area contributed by atoms with E-state index in [0.29, 0.717) is 13.0 Å². The fraction of sp³-hybridized carbons (Fsp3) is 0.292. The number of likely N-dealkylation sites (N-methyl/N-ethyl adjacent to an activating group) is 1. The van der Waals surface area contributed by atoms with Gasteiger partial charge in [0.05, 0.1) is 12.5 Å². The molecule has 3 nitrogen and oxygen atoms in total. The van der Waals surface area contributed by atoms with Gasteiger partial charge in [-0.2, -0.15) is 0 Å². The van der Waals surface area contributed by atoms with E-state index in [2.05, 4.69) is 66.5 Å². The molecule has 0 aliphatic heterocycles. The highest BCUT2D eigenvalue weighted by molar-refractivity contribution is 5.90. The van der Waals surface area contributed by atoms with E-state index < -0.39 is 0 Å². The summed E-state index contributed by atoms with van der Waals surface area (Å²) >= 11 is 0. The first-order valence-corrected chi connectivity index (χ1v) is 9.75. The summed E-state index contributed by atoms with van der Waals surface area (Å²) in [5.74, 6) is 0.0689. The fourth-order valence-corrected chi connectivity index (χ4v) is 3.69. The van der Waals surface area contributed by atoms with E-state index >= 15 is 0 Å². The van der Waals surface area contributed by atoms with Gasteiger partial charge in [-0.3, -0.25) is 9.69 Å². The number of carbonyl (C=O) groups excluding carboxylic acids is 1. The number of nitrogens with zero attached hydrogens (tertiary/aromatic N) is 1. The Hall–Kier alpha value is -2.65. The SMILES string of the molecule is CCN(CC)C(CNC(=O)Cc1cccc2ccccc12)c1ccccc1. The number of hydrogen-bond acceptors (Lipinski definition) is 2. The molecule has 3 rings (SSSR count). The molecule has 1 unspecified atom stereocenters. The van der Waals surface area contributed by atoms with Gasteiger partial charge in [0, 0.05) is 6.54 Å². The van der Waals surface area contributed by atoms with Crippen LogP contribution in [-0.2, 0) is 11.2 Å². The van der Waals surface area contributed by atoms with E-state index in [0.717, 1.165) is 24.0 Å². The van der Waals surface area contributed by atoms with Gasteiger partial charge in [0.25, 0.3) is 0 Å². The molecular formula is C24H28N2O. The lowest BCUT2D eigenvalue weighted by molar-refractivity contribution is -0.120. The van der Waals surface area contributed by atoms with Crippen molar-refractivity contribution in [2.75, 3.05) is 19.6 Å². The number of amides is 1. The van der Waals surface area contributed by atoms with Crippen molar-refractivity contribution in [2.45, 2.75) is 26.3 Å². The predicted molar refractivity (Wildman–Crippen MR) is 113 cm³/mol. The van der Waals surface area contributed by atoms with Crippen LogP contribution in [0.5, 0.6) is 0 Å². The molecular weight excluding hydrogens is 332 g/mol. The highest BCUT2D eigenvalue weighted by Gasteiger charge is 2.18. The Morgan fingerprint density at radius 1 is 0.889 bits per heavy atom. The molecule has 0 bridgehead atoms. The summed E-state index contributed by atoms with van der Waals surface area (Å²) in [6, 6.07) is 25.0. The number of hydrogen-bond donors (Lipinski definition) is 1. The van der Waals surface area contributed by atoms with Gasteiger partial charge < -0.3 is 5.32 Å². The topological polar surface area (TPSA) is 32.3 Å². The van der Waals surface area contributed by atoms with E-state index in [1.54, 1.807) is 0 Å². The maximum Gasteiger partial charge on any atom is 0.224 e. The van der Waals surface area contributed by atoms with Crippen molar-refractivity contribution >= 4 is 16.7 Å². The second kappa shape index (κ2) is 9.33. The van der Waals surface area contributed by atoms with Gasteiger partial charge in [0.15, 0.2) is 0 Å². The quantitative estimate of drug-likeness (QED) is 0.638. The Labute approximate surface area is 162 Å². The van der Waals surface area contributed by atoms with Crippen LogP contribution < -0.4 is 5.32 Å². The standard InChI is InChI=1S/C24H28N2O/c1-3-26(4-2)23(20-12-6-5-7-13-20)18-25-24(27)17-21-15-10-14-19-11-8-9-16-22(19)21/h5-16,23H,3-4,17-18H2,1-2H3,(H,25,27). The molecule has 0 saturated carbocycles. The van der Waals surface area contributed by atoms with Gasteiger partial charge in [-0.05, 0) is 35.0 Å². The molecule has 3 aromatic rings. The van der Waals surface area contributed by atoms with Crippen molar-refractivity contribution in [3.8, 4) is 0 Å². The first-order valence-electron chi connectivity index (χ1n) is 9.75. The van der Waals surface area contributed by atoms with E-state index in [1.807, 2.05) is 30.3 Å². The predicted octanol–water partition coefficient (Wildman–Crippen LogP) is 4.58. The van der Waals surface area contributed by atoms with Gasteiger partial charge in [0.1, 0.15) is 0 Å². The molecule has 3 aromatic carbocycles. The molecule has 0 spiro atoms. The first-order chi connectivity index (χ1) is 13.2. The van der Waals surface area contributed by atoms with E-state index in [9.17, 15) is 4.79 Å². The summed E-state index contributed by atoms with van der Waals surface area (Å²) in [6.45, 7) is 6.86. The highest BCUT2D eigenvalue weighted by atomic mass is 16.1. The first kappa shape index (κ1) is 19.1. The van der Waals surface area contributed by atoms with E-state index in [-0.39, 0.29) is 11.9 Å². The maximum atomic E-state index is 12.7. The lowest BCUT2D eigenvalue weighted by Crippen LogP contribution is -2.38. The Bertz CT molecular complexity index is 866. The molecule has 1 amide bonds. The zero-order valence-corrected chi connectivity index (χ0v) is 16.2. The molecule has 0 fully saturated rings. The van der Waals surface area contributed by atoms with Gasteiger partial charge in [-0.15, -0.1) is 0 Å². The normalized spacial score (nSPS) is 12.3. The van der Waals surface area contributed by atoms with Gasteiger partial charge in [0.2, 0.25) is 5.91 Å². The summed E-state index contributed by atoms with van der Waals surface area (Å²) in [5.41, 5.74) is 2.32. The van der Waals surface area contributed by atoms with Crippen LogP contribution in [0.4, 0.5) is 0 Å². The van der Waals surface area contributed by atoms with Crippen molar-refractivity contribution in [2.24, 2.45) is 0 Å². The third kappa shape index (κ3) is 4.75. The molecule has 27 heavy (non-hydrogen) atoms. The van der Waals surface area contributed by atoms with Crippen LogP contribution in [-0.4, -0.2) is 30.4 Å². The summed E-state index contributed by atoms with van der Waals surface area (Å²) in [5, 5.41) is 5.49. The second-order valence-electron chi connectivity index (χ2n) is 6.77. The third-order valence-electron chi connectivity index (χ3n) is 5.16. The Kier molecular flexibility index (Phi) is 6.61. The second-order valence-corrected chi connectivity index (χ2v) is 6.77. The average Bonchev–Trinajstić information content (AvgIpc) is 2.72. The summed E-state index contributed by atoms with van der Waals surface area (Å²) in [6.07, 6.45) is 0.404. The zero-order chi connectivity index (χ0) is 19.1. The van der Waals surface area contributed by atoms with Gasteiger partial charge in [-0.25, -0.2) is 0 Å². The molecule has 1 N–H and O–H groups in total. The number of fused-ring (bicyclic) bond motifs is 1. The van der Waals surface area contributed by atoms with Gasteiger partial charge >= 0.3 is 0 Å². The van der Waals surface area contributed by atoms with Crippen molar-refractivity contribution < 1.29 is 4.79 Å². The molecule has 1 atom stereocenters. The summed E-state index contributed by atoms with van der Waals surface area (Å²) in [7, 11) is 0. The number of nitrogens with one attached hydrogen (secondary N) is 1. The number of benzene rings is 3. The Morgan fingerprint density at radius 2 is 1.56 bits per heavy atom. The monoisotopic (exact) mass is 360 g/mol. The van der Waals surface area contributed by atoms with Crippen LogP contribution >= 0.6 is 0 Å². The number of carbonyl (C=O) groups is 1. The minimum Gasteiger partial charge on any atom is -0.354 e. The average molecular weight is 361 g/mol. The van der Waals surface area contributed by atoms with Crippen molar-refractivity contribution in [3.63, 3.8) is 0 Å². The number of rotatable bonds is 8. The van der Waals surface area contributed by atoms with E-state index in [4.69, 9.17) is 0 Å². The molecule has 0 saturated heterocycles. The molecule has 140 valence electrons. The van der Waals surface area contributed by atoms with Crippen LogP contribution in [0.2, 0.25) is 0 Å².